The fourth-order valence-corrected chi connectivity index (χ4v) is 1.45. The number of nitrogens with two attached hydrogens (primary N) is 1. The van der Waals surface area contributed by atoms with Crippen molar-refractivity contribution in [2.45, 2.75) is 25.9 Å². The predicted octanol–water partition coefficient (Wildman–Crippen LogP) is 0.837. The number of halogens is 3. The van der Waals surface area contributed by atoms with Gasteiger partial charge >= 0.3 is 12.1 Å². The molecular formula is C10H17F3N2O3. The lowest BCUT2D eigenvalue weighted by atomic mass is 10.0. The Bertz CT molecular complexity index is 295. The number of carbonyl (C=O) groups excluding carboxylic acids is 1. The maximum atomic E-state index is 12.2. The fourth-order valence-electron chi connectivity index (χ4n) is 1.45. The summed E-state index contributed by atoms with van der Waals surface area (Å²) in [5.74, 6) is -2.96. The molecule has 0 saturated carbocycles. The highest BCUT2D eigenvalue weighted by Crippen LogP contribution is 2.19. The van der Waals surface area contributed by atoms with Crippen molar-refractivity contribution >= 4 is 11.9 Å². The largest absolute Gasteiger partial charge is 0.480 e. The summed E-state index contributed by atoms with van der Waals surface area (Å²) in [6.07, 6.45) is -3.78. The summed E-state index contributed by atoms with van der Waals surface area (Å²) in [5.41, 5.74) is 5.24. The summed E-state index contributed by atoms with van der Waals surface area (Å²) in [6.45, 7) is -0.713. The molecule has 18 heavy (non-hydrogen) atoms. The first-order chi connectivity index (χ1) is 8.17. The zero-order valence-corrected chi connectivity index (χ0v) is 10.0. The van der Waals surface area contributed by atoms with Crippen LogP contribution in [0.15, 0.2) is 0 Å². The van der Waals surface area contributed by atoms with Gasteiger partial charge in [-0.25, -0.2) is 0 Å². The lowest BCUT2D eigenvalue weighted by Crippen LogP contribution is -2.44. The number of hydrogen-bond donors (Lipinski definition) is 2. The van der Waals surface area contributed by atoms with E-state index in [0.717, 1.165) is 0 Å². The van der Waals surface area contributed by atoms with E-state index in [4.69, 9.17) is 10.8 Å². The second-order valence-corrected chi connectivity index (χ2v) is 4.04. The van der Waals surface area contributed by atoms with Crippen LogP contribution in [0, 0.1) is 5.92 Å². The molecule has 0 heterocycles. The van der Waals surface area contributed by atoms with E-state index in [0.29, 0.717) is 24.3 Å². The Labute approximate surface area is 103 Å². The maximum Gasteiger partial charge on any atom is 0.406 e. The van der Waals surface area contributed by atoms with E-state index in [1.807, 2.05) is 0 Å². The molecular weight excluding hydrogens is 253 g/mol. The average molecular weight is 270 g/mol. The third-order valence-corrected chi connectivity index (χ3v) is 2.27. The minimum Gasteiger partial charge on any atom is -0.480 e. The van der Waals surface area contributed by atoms with Crippen molar-refractivity contribution in [1.29, 1.82) is 0 Å². The molecule has 0 aromatic rings. The highest BCUT2D eigenvalue weighted by molar-refractivity contribution is 5.82. The van der Waals surface area contributed by atoms with E-state index >= 15 is 0 Å². The number of alkyl halides is 3. The number of carboxylic acid groups (broad SMARTS) is 1. The lowest BCUT2D eigenvalue weighted by molar-refractivity contribution is -0.167. The molecule has 0 spiro atoms. The second-order valence-electron chi connectivity index (χ2n) is 4.04. The van der Waals surface area contributed by atoms with Gasteiger partial charge in [0, 0.05) is 5.92 Å². The summed E-state index contributed by atoms with van der Waals surface area (Å²) < 4.78 is 36.7. The average Bonchev–Trinajstić information content (AvgIpc) is 2.21. The molecule has 0 fully saturated rings. The summed E-state index contributed by atoms with van der Waals surface area (Å²) in [6, 6.07) is 0. The molecule has 0 aromatic heterocycles. The Morgan fingerprint density at radius 2 is 1.94 bits per heavy atom. The molecule has 1 atom stereocenters. The number of carbonyl (C=O) groups is 2. The number of carboxylic acids is 1. The SMILES string of the molecule is CC(CCCN)C(=O)N(CC(=O)O)CC(F)(F)F. The van der Waals surface area contributed by atoms with Crippen LogP contribution in [0.3, 0.4) is 0 Å². The van der Waals surface area contributed by atoms with Gasteiger partial charge < -0.3 is 15.7 Å². The molecule has 8 heteroatoms. The van der Waals surface area contributed by atoms with Crippen LogP contribution in [0.2, 0.25) is 0 Å². The normalized spacial score (nSPS) is 13.2. The van der Waals surface area contributed by atoms with Crippen molar-refractivity contribution in [3.63, 3.8) is 0 Å². The monoisotopic (exact) mass is 270 g/mol. The van der Waals surface area contributed by atoms with Crippen LogP contribution in [0.4, 0.5) is 13.2 Å². The van der Waals surface area contributed by atoms with Gasteiger partial charge in [-0.15, -0.1) is 0 Å². The van der Waals surface area contributed by atoms with Crippen molar-refractivity contribution in [3.05, 3.63) is 0 Å². The topological polar surface area (TPSA) is 83.6 Å². The maximum absolute atomic E-state index is 12.2. The van der Waals surface area contributed by atoms with Gasteiger partial charge in [-0.05, 0) is 19.4 Å². The Balaban J connectivity index is 4.63. The smallest absolute Gasteiger partial charge is 0.406 e. The molecule has 0 saturated heterocycles. The van der Waals surface area contributed by atoms with E-state index in [9.17, 15) is 22.8 Å². The van der Waals surface area contributed by atoms with Gasteiger partial charge in [0.15, 0.2) is 0 Å². The first kappa shape index (κ1) is 16.7. The Morgan fingerprint density at radius 1 is 1.39 bits per heavy atom. The molecule has 0 radical (unpaired) electrons. The number of rotatable bonds is 7. The minimum atomic E-state index is -4.61. The molecule has 3 N–H and O–H groups in total. The van der Waals surface area contributed by atoms with E-state index in [2.05, 4.69) is 0 Å². The van der Waals surface area contributed by atoms with Crippen LogP contribution in [0.5, 0.6) is 0 Å². The highest BCUT2D eigenvalue weighted by atomic mass is 19.4. The second kappa shape index (κ2) is 7.20. The molecule has 0 aliphatic carbocycles. The number of hydrogen-bond acceptors (Lipinski definition) is 3. The van der Waals surface area contributed by atoms with Gasteiger partial charge in [0.2, 0.25) is 5.91 Å². The number of amides is 1. The zero-order chi connectivity index (χ0) is 14.3. The van der Waals surface area contributed by atoms with Gasteiger partial charge in [0.05, 0.1) is 0 Å². The van der Waals surface area contributed by atoms with E-state index < -0.39 is 37.1 Å². The molecule has 0 aliphatic heterocycles. The highest BCUT2D eigenvalue weighted by Gasteiger charge is 2.35. The molecule has 0 rings (SSSR count). The van der Waals surface area contributed by atoms with Gasteiger partial charge in [-0.3, -0.25) is 9.59 Å². The molecule has 0 aliphatic rings. The van der Waals surface area contributed by atoms with Gasteiger partial charge in [0.25, 0.3) is 0 Å². The van der Waals surface area contributed by atoms with Gasteiger partial charge in [-0.1, -0.05) is 6.92 Å². The molecule has 0 aromatic carbocycles. The molecule has 5 nitrogen and oxygen atoms in total. The standard InChI is InChI=1S/C10H17F3N2O3/c1-7(3-2-4-14)9(18)15(5-8(16)17)6-10(11,12)13/h7H,2-6,14H2,1H3,(H,16,17). The molecule has 106 valence electrons. The van der Waals surface area contributed by atoms with Crippen molar-refractivity contribution in [1.82, 2.24) is 4.90 Å². The van der Waals surface area contributed by atoms with E-state index in [-0.39, 0.29) is 0 Å². The van der Waals surface area contributed by atoms with Crippen LogP contribution in [-0.4, -0.2) is 47.7 Å². The van der Waals surface area contributed by atoms with Crippen molar-refractivity contribution in [2.24, 2.45) is 11.7 Å². The van der Waals surface area contributed by atoms with Crippen LogP contribution in [-0.2, 0) is 9.59 Å². The zero-order valence-electron chi connectivity index (χ0n) is 10.0. The Morgan fingerprint density at radius 3 is 2.33 bits per heavy atom. The van der Waals surface area contributed by atoms with Gasteiger partial charge in [-0.2, -0.15) is 13.2 Å². The first-order valence-corrected chi connectivity index (χ1v) is 5.44. The van der Waals surface area contributed by atoms with E-state index in [1.54, 1.807) is 0 Å². The molecule has 1 unspecified atom stereocenters. The van der Waals surface area contributed by atoms with E-state index in [1.165, 1.54) is 6.92 Å². The van der Waals surface area contributed by atoms with Crippen molar-refractivity contribution in [3.8, 4) is 0 Å². The van der Waals surface area contributed by atoms with Crippen LogP contribution in [0.1, 0.15) is 19.8 Å². The van der Waals surface area contributed by atoms with Crippen LogP contribution >= 0.6 is 0 Å². The quantitative estimate of drug-likeness (QED) is 0.718. The Hall–Kier alpha value is -1.31. The minimum absolute atomic E-state index is 0.309. The van der Waals surface area contributed by atoms with Crippen LogP contribution < -0.4 is 5.73 Å². The molecule has 0 bridgehead atoms. The van der Waals surface area contributed by atoms with Gasteiger partial charge in [0.1, 0.15) is 13.1 Å². The molecule has 1 amide bonds. The summed E-state index contributed by atoms with van der Waals surface area (Å²) >= 11 is 0. The summed E-state index contributed by atoms with van der Waals surface area (Å²) in [7, 11) is 0. The number of nitrogens with zero attached hydrogens (tertiary/aromatic N) is 1. The summed E-state index contributed by atoms with van der Waals surface area (Å²) in [4.78, 5) is 22.4. The fraction of sp³-hybridized carbons (Fsp3) is 0.800. The third-order valence-electron chi connectivity index (χ3n) is 2.27. The van der Waals surface area contributed by atoms with Crippen molar-refractivity contribution < 1.29 is 27.9 Å². The first-order valence-electron chi connectivity index (χ1n) is 5.44. The van der Waals surface area contributed by atoms with Crippen LogP contribution in [0.25, 0.3) is 0 Å². The number of aliphatic carboxylic acids is 1. The Kier molecular flexibility index (Phi) is 6.67. The van der Waals surface area contributed by atoms with Crippen molar-refractivity contribution in [2.75, 3.05) is 19.6 Å². The summed E-state index contributed by atoms with van der Waals surface area (Å²) in [5, 5.41) is 8.51. The lowest BCUT2D eigenvalue weighted by Gasteiger charge is -2.25. The predicted molar refractivity (Wildman–Crippen MR) is 57.7 cm³/mol. The third kappa shape index (κ3) is 7.10.